The number of carbonyl (C=O) groups is 2. The van der Waals surface area contributed by atoms with Gasteiger partial charge in [-0.2, -0.15) is 0 Å². The number of hydrogen-bond donors (Lipinski definition) is 0. The van der Waals surface area contributed by atoms with Crippen molar-refractivity contribution in [1.29, 1.82) is 0 Å². The molecule has 1 aromatic heterocycles. The molecule has 2 aromatic rings. The van der Waals surface area contributed by atoms with Gasteiger partial charge in [0.15, 0.2) is 0 Å². The van der Waals surface area contributed by atoms with Gasteiger partial charge in [0.25, 0.3) is 11.8 Å². The number of benzene rings is 1. The largest absolute Gasteiger partial charge is 0.357 e. The topological polar surface area (TPSA) is 81.5 Å². The Balaban J connectivity index is 1.26. The monoisotopic (exact) mass is 520 g/mol. The summed E-state index contributed by atoms with van der Waals surface area (Å²) in [5.41, 5.74) is 0.939. The van der Waals surface area contributed by atoms with E-state index in [-0.39, 0.29) is 23.6 Å². The molecule has 3 aliphatic heterocycles. The highest BCUT2D eigenvalue weighted by atomic mass is 35.5. The smallest absolute Gasteiger partial charge is 0.291 e. The van der Waals surface area contributed by atoms with Gasteiger partial charge in [-0.05, 0) is 62.9 Å². The minimum atomic E-state index is -0.575. The van der Waals surface area contributed by atoms with Gasteiger partial charge in [0.2, 0.25) is 5.84 Å². The number of rotatable bonds is 4. The van der Waals surface area contributed by atoms with Gasteiger partial charge in [-0.1, -0.05) is 29.8 Å². The van der Waals surface area contributed by atoms with Crippen molar-refractivity contribution < 1.29 is 9.59 Å². The standard InChI is InChI=1S/C28H33ClN6O2/c1-28(2)19-34(26(36)23-9-6-10-24(32-23)33-13-3-4-14-33)15-16-35(28)27(37)25-30-12-11-21(18-31-25)20-7-5-8-22(29)17-20/h5-10,17-18,21H,3-4,11-16,19H2,1-2H3. The van der Waals surface area contributed by atoms with Gasteiger partial charge in [-0.15, -0.1) is 0 Å². The Morgan fingerprint density at radius 2 is 1.78 bits per heavy atom. The minimum absolute atomic E-state index is 0.0547. The molecule has 1 unspecified atom stereocenters. The Labute approximate surface area is 223 Å². The molecular weight excluding hydrogens is 488 g/mol. The highest BCUT2D eigenvalue weighted by molar-refractivity contribution is 6.39. The Morgan fingerprint density at radius 1 is 1.00 bits per heavy atom. The van der Waals surface area contributed by atoms with Crippen molar-refractivity contribution in [3.63, 3.8) is 0 Å². The summed E-state index contributed by atoms with van der Waals surface area (Å²) in [5, 5.41) is 0.680. The summed E-state index contributed by atoms with van der Waals surface area (Å²) >= 11 is 6.16. The van der Waals surface area contributed by atoms with E-state index in [1.807, 2.05) is 50.2 Å². The Morgan fingerprint density at radius 3 is 2.54 bits per heavy atom. The summed E-state index contributed by atoms with van der Waals surface area (Å²) in [6.07, 6.45) is 4.87. The number of piperazine rings is 1. The van der Waals surface area contributed by atoms with E-state index in [0.29, 0.717) is 36.9 Å². The predicted molar refractivity (Wildman–Crippen MR) is 147 cm³/mol. The Hall–Kier alpha value is -3.26. The molecule has 8 nitrogen and oxygen atoms in total. The van der Waals surface area contributed by atoms with Crippen LogP contribution in [0.5, 0.6) is 0 Å². The van der Waals surface area contributed by atoms with E-state index < -0.39 is 5.54 Å². The third-order valence-electron chi connectivity index (χ3n) is 7.36. The van der Waals surface area contributed by atoms with Crippen LogP contribution in [0.25, 0.3) is 0 Å². The highest BCUT2D eigenvalue weighted by Gasteiger charge is 2.40. The number of nitrogens with zero attached hydrogens (tertiary/aromatic N) is 6. The third-order valence-corrected chi connectivity index (χ3v) is 7.60. The van der Waals surface area contributed by atoms with Crippen LogP contribution in [-0.2, 0) is 4.79 Å². The van der Waals surface area contributed by atoms with E-state index >= 15 is 0 Å². The number of anilines is 1. The average Bonchev–Trinajstić information content (AvgIpc) is 3.32. The van der Waals surface area contributed by atoms with Gasteiger partial charge in [-0.3, -0.25) is 14.6 Å². The van der Waals surface area contributed by atoms with Crippen molar-refractivity contribution in [2.45, 2.75) is 44.6 Å². The Bertz CT molecular complexity index is 1240. The fourth-order valence-corrected chi connectivity index (χ4v) is 5.55. The zero-order valence-electron chi connectivity index (χ0n) is 21.4. The number of halogens is 1. The van der Waals surface area contributed by atoms with E-state index in [2.05, 4.69) is 19.9 Å². The SMILES string of the molecule is CC1(C)CN(C(=O)c2cccc(N3CCCC3)n2)CCN1C(=O)C1=NCCC(c2cccc(Cl)c2)C=N1. The highest BCUT2D eigenvalue weighted by Crippen LogP contribution is 2.26. The molecule has 2 amide bonds. The number of amidine groups is 1. The summed E-state index contributed by atoms with van der Waals surface area (Å²) < 4.78 is 0. The molecular formula is C28H33ClN6O2. The lowest BCUT2D eigenvalue weighted by Gasteiger charge is -2.46. The molecule has 0 saturated carbocycles. The summed E-state index contributed by atoms with van der Waals surface area (Å²) in [6.45, 7) is 7.69. The number of carbonyl (C=O) groups excluding carboxylic acids is 2. The molecule has 2 saturated heterocycles. The van der Waals surface area contributed by atoms with Crippen LogP contribution in [0.3, 0.4) is 0 Å². The van der Waals surface area contributed by atoms with Crippen molar-refractivity contribution in [2.75, 3.05) is 44.2 Å². The molecule has 0 N–H and O–H groups in total. The molecule has 0 bridgehead atoms. The molecule has 0 aliphatic carbocycles. The first-order valence-corrected chi connectivity index (χ1v) is 13.4. The molecule has 3 aliphatic rings. The van der Waals surface area contributed by atoms with E-state index in [0.717, 1.165) is 43.7 Å². The van der Waals surface area contributed by atoms with Crippen LogP contribution in [0.1, 0.15) is 55.1 Å². The molecule has 194 valence electrons. The van der Waals surface area contributed by atoms with E-state index in [1.54, 1.807) is 22.1 Å². The fourth-order valence-electron chi connectivity index (χ4n) is 5.35. The maximum atomic E-state index is 13.5. The summed E-state index contributed by atoms with van der Waals surface area (Å²) in [5.74, 6) is 0.831. The first-order valence-electron chi connectivity index (χ1n) is 13.0. The number of aromatic nitrogens is 1. The lowest BCUT2D eigenvalue weighted by atomic mass is 9.97. The molecule has 1 atom stereocenters. The summed E-state index contributed by atoms with van der Waals surface area (Å²) in [7, 11) is 0. The molecule has 0 radical (unpaired) electrons. The van der Waals surface area contributed by atoms with Crippen molar-refractivity contribution in [3.8, 4) is 0 Å². The van der Waals surface area contributed by atoms with Crippen molar-refractivity contribution in [3.05, 3.63) is 58.7 Å². The first kappa shape index (κ1) is 25.4. The molecule has 37 heavy (non-hydrogen) atoms. The zero-order chi connectivity index (χ0) is 26.0. The van der Waals surface area contributed by atoms with E-state index in [1.165, 1.54) is 0 Å². The molecule has 5 rings (SSSR count). The van der Waals surface area contributed by atoms with Gasteiger partial charge >= 0.3 is 0 Å². The van der Waals surface area contributed by atoms with Crippen LogP contribution in [-0.4, -0.2) is 83.5 Å². The third kappa shape index (κ3) is 5.54. The average molecular weight is 521 g/mol. The normalized spacial score (nSPS) is 21.5. The van der Waals surface area contributed by atoms with Gasteiger partial charge < -0.3 is 14.7 Å². The van der Waals surface area contributed by atoms with Crippen LogP contribution in [0, 0.1) is 0 Å². The first-order chi connectivity index (χ1) is 17.8. The second-order valence-corrected chi connectivity index (χ2v) is 10.9. The minimum Gasteiger partial charge on any atom is -0.357 e. The number of amides is 2. The van der Waals surface area contributed by atoms with Gasteiger partial charge in [0, 0.05) is 56.4 Å². The van der Waals surface area contributed by atoms with Crippen LogP contribution >= 0.6 is 11.6 Å². The molecule has 2 fully saturated rings. The van der Waals surface area contributed by atoms with Crippen molar-refractivity contribution in [1.82, 2.24) is 14.8 Å². The van der Waals surface area contributed by atoms with E-state index in [9.17, 15) is 9.59 Å². The quantitative estimate of drug-likeness (QED) is 0.609. The Kier molecular flexibility index (Phi) is 7.29. The lowest BCUT2D eigenvalue weighted by molar-refractivity contribution is -0.132. The van der Waals surface area contributed by atoms with Crippen LogP contribution in [0.15, 0.2) is 52.4 Å². The van der Waals surface area contributed by atoms with Gasteiger partial charge in [-0.25, -0.2) is 9.98 Å². The molecule has 4 heterocycles. The lowest BCUT2D eigenvalue weighted by Crippen LogP contribution is -2.63. The maximum absolute atomic E-state index is 13.5. The number of pyridine rings is 1. The van der Waals surface area contributed by atoms with E-state index in [4.69, 9.17) is 11.6 Å². The number of hydrogen-bond acceptors (Lipinski definition) is 6. The fraction of sp³-hybridized carbons (Fsp3) is 0.464. The second-order valence-electron chi connectivity index (χ2n) is 10.5. The predicted octanol–water partition coefficient (Wildman–Crippen LogP) is 4.06. The summed E-state index contributed by atoms with van der Waals surface area (Å²) in [4.78, 5) is 46.3. The zero-order valence-corrected chi connectivity index (χ0v) is 22.2. The van der Waals surface area contributed by atoms with Crippen molar-refractivity contribution >= 4 is 41.3 Å². The van der Waals surface area contributed by atoms with Crippen LogP contribution in [0.4, 0.5) is 5.82 Å². The van der Waals surface area contributed by atoms with Crippen LogP contribution < -0.4 is 4.90 Å². The van der Waals surface area contributed by atoms with Gasteiger partial charge in [0.05, 0.1) is 5.54 Å². The van der Waals surface area contributed by atoms with Crippen LogP contribution in [0.2, 0.25) is 5.02 Å². The number of aliphatic imine (C=N–C) groups is 2. The molecule has 9 heteroatoms. The van der Waals surface area contributed by atoms with Gasteiger partial charge in [0.1, 0.15) is 11.5 Å². The van der Waals surface area contributed by atoms with Crippen molar-refractivity contribution in [2.24, 2.45) is 9.98 Å². The molecule has 1 aromatic carbocycles. The summed E-state index contributed by atoms with van der Waals surface area (Å²) in [6, 6.07) is 13.4. The second kappa shape index (κ2) is 10.6. The molecule has 0 spiro atoms. The maximum Gasteiger partial charge on any atom is 0.291 e.